The van der Waals surface area contributed by atoms with Crippen molar-refractivity contribution in [2.24, 2.45) is 0 Å². The first-order chi connectivity index (χ1) is 20.2. The van der Waals surface area contributed by atoms with Crippen molar-refractivity contribution in [1.29, 1.82) is 0 Å². The van der Waals surface area contributed by atoms with Gasteiger partial charge in [0, 0.05) is 19.5 Å². The quantitative estimate of drug-likeness (QED) is 0.253. The molecule has 0 bridgehead atoms. The van der Waals surface area contributed by atoms with Crippen LogP contribution in [0.15, 0.2) is 114 Å². The normalized spacial score (nSPS) is 11.9. The van der Waals surface area contributed by atoms with Crippen molar-refractivity contribution >= 4 is 27.5 Å². The number of carbonyl (C=O) groups excluding carboxylic acids is 2. The second kappa shape index (κ2) is 13.9. The number of hydrogen-bond donors (Lipinski definition) is 1. The Balaban J connectivity index is 1.78. The molecule has 0 heterocycles. The van der Waals surface area contributed by atoms with Crippen molar-refractivity contribution < 1.29 is 26.8 Å². The third-order valence-corrected chi connectivity index (χ3v) is 8.40. The van der Waals surface area contributed by atoms with E-state index in [2.05, 4.69) is 5.32 Å². The number of carbonyl (C=O) groups is 2. The van der Waals surface area contributed by atoms with Crippen LogP contribution in [0.2, 0.25) is 0 Å². The Hall–Kier alpha value is -4.57. The highest BCUT2D eigenvalue weighted by atomic mass is 32.2. The summed E-state index contributed by atoms with van der Waals surface area (Å²) in [4.78, 5) is 28.8. The van der Waals surface area contributed by atoms with Gasteiger partial charge < -0.3 is 10.2 Å². The van der Waals surface area contributed by atoms with E-state index in [9.17, 15) is 26.8 Å². The molecule has 0 saturated heterocycles. The summed E-state index contributed by atoms with van der Waals surface area (Å²) in [5.41, 5.74) is 1.41. The number of sulfonamides is 1. The summed E-state index contributed by atoms with van der Waals surface area (Å²) in [7, 11) is -4.28. The predicted molar refractivity (Wildman–Crippen MR) is 157 cm³/mol. The number of amides is 2. The van der Waals surface area contributed by atoms with E-state index in [1.54, 1.807) is 25.1 Å². The van der Waals surface area contributed by atoms with Crippen LogP contribution < -0.4 is 9.62 Å². The van der Waals surface area contributed by atoms with Crippen LogP contribution in [-0.4, -0.2) is 44.3 Å². The first-order valence-electron chi connectivity index (χ1n) is 13.4. The van der Waals surface area contributed by atoms with E-state index in [0.29, 0.717) is 12.1 Å². The average molecular weight is 592 g/mol. The van der Waals surface area contributed by atoms with Crippen molar-refractivity contribution in [1.82, 2.24) is 10.2 Å². The lowest BCUT2D eigenvalue weighted by Crippen LogP contribution is -2.53. The summed E-state index contributed by atoms with van der Waals surface area (Å²) in [6.07, 6.45) is 0.154. The molecule has 4 aromatic carbocycles. The zero-order chi connectivity index (χ0) is 30.1. The third-order valence-electron chi connectivity index (χ3n) is 6.61. The first kappa shape index (κ1) is 30.4. The minimum absolute atomic E-state index is 0.0585. The van der Waals surface area contributed by atoms with Gasteiger partial charge in [0.05, 0.1) is 10.6 Å². The van der Waals surface area contributed by atoms with Gasteiger partial charge in [0.15, 0.2) is 0 Å². The molecule has 7 nitrogen and oxygen atoms in total. The Bertz CT molecular complexity index is 1580. The highest BCUT2D eigenvalue weighted by Crippen LogP contribution is 2.25. The van der Waals surface area contributed by atoms with Crippen LogP contribution in [0.1, 0.15) is 18.1 Å². The SMILES string of the molecule is CCNC(=O)[C@@H](Cc1ccccc1)N(Cc1ccc(F)cc1)C(=O)CN(c1ccc(F)cc1)S(=O)(=O)c1ccccc1. The summed E-state index contributed by atoms with van der Waals surface area (Å²) >= 11 is 0. The maximum absolute atomic E-state index is 14.2. The van der Waals surface area contributed by atoms with Crippen LogP contribution in [-0.2, 0) is 32.6 Å². The maximum Gasteiger partial charge on any atom is 0.264 e. The molecule has 0 aliphatic heterocycles. The number of halogens is 2. The molecule has 42 heavy (non-hydrogen) atoms. The maximum atomic E-state index is 14.2. The minimum atomic E-state index is -4.28. The molecule has 0 aromatic heterocycles. The van der Waals surface area contributed by atoms with Crippen LogP contribution in [0, 0.1) is 11.6 Å². The van der Waals surface area contributed by atoms with Crippen molar-refractivity contribution in [3.63, 3.8) is 0 Å². The van der Waals surface area contributed by atoms with Gasteiger partial charge in [-0.2, -0.15) is 0 Å². The number of benzene rings is 4. The van der Waals surface area contributed by atoms with Crippen LogP contribution in [0.5, 0.6) is 0 Å². The summed E-state index contributed by atoms with van der Waals surface area (Å²) in [6, 6.07) is 26.0. The van der Waals surface area contributed by atoms with E-state index in [0.717, 1.165) is 22.0 Å². The van der Waals surface area contributed by atoms with Gasteiger partial charge in [-0.3, -0.25) is 13.9 Å². The summed E-state index contributed by atoms with van der Waals surface area (Å²) in [5, 5.41) is 2.78. The molecule has 0 radical (unpaired) electrons. The van der Waals surface area contributed by atoms with Crippen molar-refractivity contribution in [2.75, 3.05) is 17.4 Å². The van der Waals surface area contributed by atoms with E-state index in [4.69, 9.17) is 0 Å². The molecule has 0 unspecified atom stereocenters. The fraction of sp³-hybridized carbons (Fsp3) is 0.188. The average Bonchev–Trinajstić information content (AvgIpc) is 3.00. The van der Waals surface area contributed by atoms with Gasteiger partial charge >= 0.3 is 0 Å². The van der Waals surface area contributed by atoms with Gasteiger partial charge in [0.25, 0.3) is 10.0 Å². The zero-order valence-electron chi connectivity index (χ0n) is 23.0. The van der Waals surface area contributed by atoms with E-state index in [-0.39, 0.29) is 23.5 Å². The molecule has 1 atom stereocenters. The molecule has 0 aliphatic carbocycles. The van der Waals surface area contributed by atoms with E-state index in [1.807, 2.05) is 30.3 Å². The third kappa shape index (κ3) is 7.58. The van der Waals surface area contributed by atoms with Crippen molar-refractivity contribution in [3.05, 3.63) is 132 Å². The fourth-order valence-corrected chi connectivity index (χ4v) is 5.92. The van der Waals surface area contributed by atoms with Gasteiger partial charge in [-0.05, 0) is 66.6 Å². The number of nitrogens with one attached hydrogen (secondary N) is 1. The molecule has 4 aromatic rings. The summed E-state index contributed by atoms with van der Waals surface area (Å²) in [5.74, 6) is -2.12. The zero-order valence-corrected chi connectivity index (χ0v) is 23.8. The topological polar surface area (TPSA) is 86.8 Å². The number of anilines is 1. The number of hydrogen-bond acceptors (Lipinski definition) is 4. The number of likely N-dealkylation sites (N-methyl/N-ethyl adjacent to an activating group) is 1. The Morgan fingerprint density at radius 2 is 1.31 bits per heavy atom. The second-order valence-corrected chi connectivity index (χ2v) is 11.4. The van der Waals surface area contributed by atoms with Crippen molar-refractivity contribution in [3.8, 4) is 0 Å². The molecule has 2 amide bonds. The van der Waals surface area contributed by atoms with Crippen molar-refractivity contribution in [2.45, 2.75) is 30.8 Å². The molecule has 0 saturated carbocycles. The predicted octanol–water partition coefficient (Wildman–Crippen LogP) is 4.94. The molecular formula is C32H31F2N3O4S. The highest BCUT2D eigenvalue weighted by Gasteiger charge is 2.34. The number of nitrogens with zero attached hydrogens (tertiary/aromatic N) is 2. The van der Waals surface area contributed by atoms with Crippen LogP contribution in [0.25, 0.3) is 0 Å². The lowest BCUT2D eigenvalue weighted by molar-refractivity contribution is -0.140. The Morgan fingerprint density at radius 3 is 1.88 bits per heavy atom. The first-order valence-corrected chi connectivity index (χ1v) is 14.8. The molecule has 0 aliphatic rings. The Labute approximate surface area is 244 Å². The van der Waals surface area contributed by atoms with Crippen LogP contribution in [0.4, 0.5) is 14.5 Å². The fourth-order valence-electron chi connectivity index (χ4n) is 4.49. The van der Waals surface area contributed by atoms with E-state index < -0.39 is 46.1 Å². The minimum Gasteiger partial charge on any atom is -0.355 e. The molecular weight excluding hydrogens is 560 g/mol. The largest absolute Gasteiger partial charge is 0.355 e. The highest BCUT2D eigenvalue weighted by molar-refractivity contribution is 7.92. The van der Waals surface area contributed by atoms with Crippen LogP contribution >= 0.6 is 0 Å². The lowest BCUT2D eigenvalue weighted by Gasteiger charge is -2.33. The number of rotatable bonds is 12. The summed E-state index contributed by atoms with van der Waals surface area (Å²) < 4.78 is 56.0. The molecule has 10 heteroatoms. The van der Waals surface area contributed by atoms with Gasteiger partial charge in [-0.25, -0.2) is 17.2 Å². The molecule has 0 spiro atoms. The molecule has 1 N–H and O–H groups in total. The van der Waals surface area contributed by atoms with E-state index >= 15 is 0 Å². The summed E-state index contributed by atoms with van der Waals surface area (Å²) in [6.45, 7) is 1.31. The Morgan fingerprint density at radius 1 is 0.762 bits per heavy atom. The van der Waals surface area contributed by atoms with Gasteiger partial charge in [0.1, 0.15) is 24.2 Å². The van der Waals surface area contributed by atoms with Gasteiger partial charge in [-0.15, -0.1) is 0 Å². The monoisotopic (exact) mass is 591 g/mol. The van der Waals surface area contributed by atoms with E-state index in [1.165, 1.54) is 53.4 Å². The van der Waals surface area contributed by atoms with Gasteiger partial charge in [-0.1, -0.05) is 60.7 Å². The lowest BCUT2D eigenvalue weighted by atomic mass is 10.0. The second-order valence-electron chi connectivity index (χ2n) is 9.55. The molecule has 4 rings (SSSR count). The molecule has 0 fully saturated rings. The van der Waals surface area contributed by atoms with Crippen LogP contribution in [0.3, 0.4) is 0 Å². The standard InChI is InChI=1S/C32H31F2N3O4S/c1-2-35-32(39)30(21-24-9-5-3-6-10-24)36(22-25-13-15-26(33)16-14-25)31(38)23-37(28-19-17-27(34)18-20-28)42(40,41)29-11-7-4-8-12-29/h3-20,30H,2,21-23H2,1H3,(H,35,39)/t30-/m1/s1. The smallest absolute Gasteiger partial charge is 0.264 e. The van der Waals surface area contributed by atoms with Gasteiger partial charge in [0.2, 0.25) is 11.8 Å². The Kier molecular flexibility index (Phi) is 10.0. The molecule has 218 valence electrons.